The van der Waals surface area contributed by atoms with Gasteiger partial charge in [0.15, 0.2) is 0 Å². The van der Waals surface area contributed by atoms with E-state index in [4.69, 9.17) is 0 Å². The van der Waals surface area contributed by atoms with Gasteiger partial charge in [0.05, 0.1) is 28.0 Å². The van der Waals surface area contributed by atoms with E-state index in [1.165, 1.54) is 0 Å². The van der Waals surface area contributed by atoms with Gasteiger partial charge in [-0.3, -0.25) is 9.59 Å². The highest BCUT2D eigenvalue weighted by atomic mass is 32.2. The number of thioether (sulfide) groups is 1. The molecule has 0 radical (unpaired) electrons. The third kappa shape index (κ3) is 4.15. The van der Waals surface area contributed by atoms with E-state index in [0.29, 0.717) is 10.6 Å². The van der Waals surface area contributed by atoms with Crippen LogP contribution in [0.1, 0.15) is 31.9 Å². The molecular weight excluding hydrogens is 360 g/mol. The van der Waals surface area contributed by atoms with Crippen LogP contribution < -0.4 is 10.6 Å². The molecule has 6 nitrogen and oxygen atoms in total. The van der Waals surface area contributed by atoms with Crippen molar-refractivity contribution in [3.8, 4) is 12.1 Å². The molecule has 27 heavy (non-hydrogen) atoms. The zero-order valence-electron chi connectivity index (χ0n) is 16.0. The zero-order valence-corrected chi connectivity index (χ0v) is 16.8. The highest BCUT2D eigenvalue weighted by molar-refractivity contribution is 8.04. The first-order valence-electron chi connectivity index (χ1n) is 8.52. The number of hydrogen-bond acceptors (Lipinski definition) is 5. The quantitative estimate of drug-likeness (QED) is 0.830. The Kier molecular flexibility index (Phi) is 5.98. The van der Waals surface area contributed by atoms with Crippen LogP contribution in [0.15, 0.2) is 28.8 Å². The molecule has 1 aromatic carbocycles. The van der Waals surface area contributed by atoms with Gasteiger partial charge in [0.25, 0.3) is 0 Å². The van der Waals surface area contributed by atoms with Gasteiger partial charge in [0, 0.05) is 11.1 Å². The van der Waals surface area contributed by atoms with Crippen molar-refractivity contribution < 1.29 is 9.59 Å². The summed E-state index contributed by atoms with van der Waals surface area (Å²) in [5.74, 6) is -1.63. The molecule has 7 heteroatoms. The van der Waals surface area contributed by atoms with Crippen molar-refractivity contribution in [2.75, 3.05) is 5.32 Å². The fraction of sp³-hybridized carbons (Fsp3) is 0.400. The first kappa shape index (κ1) is 20.5. The maximum absolute atomic E-state index is 12.6. The Hall–Kier alpha value is -2.77. The lowest BCUT2D eigenvalue weighted by Gasteiger charge is -2.35. The second kappa shape index (κ2) is 7.85. The van der Waals surface area contributed by atoms with Crippen LogP contribution in [0.5, 0.6) is 0 Å². The lowest BCUT2D eigenvalue weighted by molar-refractivity contribution is -0.125. The molecule has 2 amide bonds. The minimum absolute atomic E-state index is 0.229. The maximum atomic E-state index is 12.6. The number of hydrogen-bond donors (Lipinski definition) is 2. The molecule has 140 valence electrons. The first-order valence-corrected chi connectivity index (χ1v) is 9.40. The predicted molar refractivity (Wildman–Crippen MR) is 105 cm³/mol. The number of carbonyl (C=O) groups is 2. The van der Waals surface area contributed by atoms with Crippen LogP contribution in [0.2, 0.25) is 0 Å². The van der Waals surface area contributed by atoms with Gasteiger partial charge in [-0.15, -0.1) is 0 Å². The summed E-state index contributed by atoms with van der Waals surface area (Å²) < 4.78 is 0. The molecule has 0 saturated carbocycles. The normalized spacial score (nSPS) is 19.5. The minimum atomic E-state index is -0.949. The van der Waals surface area contributed by atoms with Gasteiger partial charge in [-0.25, -0.2) is 0 Å². The molecule has 0 unspecified atom stereocenters. The summed E-state index contributed by atoms with van der Waals surface area (Å²) in [6.45, 7) is 8.96. The molecule has 1 heterocycles. The average molecular weight is 382 g/mol. The van der Waals surface area contributed by atoms with Crippen molar-refractivity contribution in [2.45, 2.75) is 39.9 Å². The summed E-state index contributed by atoms with van der Waals surface area (Å²) in [5.41, 5.74) is 2.11. The number of amides is 2. The van der Waals surface area contributed by atoms with Gasteiger partial charge in [0.2, 0.25) is 11.8 Å². The molecule has 1 aliphatic rings. The molecule has 2 N–H and O–H groups in total. The minimum Gasteiger partial charge on any atom is -0.325 e. The van der Waals surface area contributed by atoms with Crippen LogP contribution in [0.4, 0.5) is 5.69 Å². The van der Waals surface area contributed by atoms with Crippen LogP contribution in [0.3, 0.4) is 0 Å². The first-order chi connectivity index (χ1) is 12.6. The number of nitrogens with one attached hydrogen (secondary N) is 2. The van der Waals surface area contributed by atoms with E-state index in [9.17, 15) is 20.1 Å². The van der Waals surface area contributed by atoms with E-state index >= 15 is 0 Å². The molecule has 0 bridgehead atoms. The number of aryl methyl sites for hydroxylation is 2. The molecule has 0 saturated heterocycles. The van der Waals surface area contributed by atoms with Crippen LogP contribution >= 0.6 is 11.8 Å². The van der Waals surface area contributed by atoms with Crippen LogP contribution in [-0.2, 0) is 9.59 Å². The van der Waals surface area contributed by atoms with Gasteiger partial charge < -0.3 is 10.6 Å². The Labute approximate surface area is 163 Å². The predicted octanol–water partition coefficient (Wildman–Crippen LogP) is 3.39. The Morgan fingerprint density at radius 1 is 1.33 bits per heavy atom. The van der Waals surface area contributed by atoms with E-state index in [1.807, 2.05) is 38.1 Å². The fourth-order valence-corrected chi connectivity index (χ4v) is 3.96. The summed E-state index contributed by atoms with van der Waals surface area (Å²) in [5, 5.41) is 24.1. The van der Waals surface area contributed by atoms with E-state index in [2.05, 4.69) is 16.7 Å². The van der Waals surface area contributed by atoms with Crippen molar-refractivity contribution in [3.63, 3.8) is 0 Å². The second-order valence-electron chi connectivity index (χ2n) is 7.16. The highest BCUT2D eigenvalue weighted by Gasteiger charge is 2.45. The Balaban J connectivity index is 2.24. The standard InChI is InChI=1S/C20H22N4O2S/c1-11-6-7-12(2)16(8-11)23-17(25)13(3)27-19-15(10-22)20(4,5)14(9-21)18(26)24-19/h6-8,13-14H,1-5H3,(H,23,25)(H,24,26)/t13-,14-/m1/s1. The van der Waals surface area contributed by atoms with Crippen molar-refractivity contribution in [1.29, 1.82) is 10.5 Å². The van der Waals surface area contributed by atoms with Crippen molar-refractivity contribution in [2.24, 2.45) is 11.3 Å². The highest BCUT2D eigenvalue weighted by Crippen LogP contribution is 2.42. The number of nitrogens with zero attached hydrogens (tertiary/aromatic N) is 2. The van der Waals surface area contributed by atoms with Crippen LogP contribution in [0.25, 0.3) is 0 Å². The Bertz CT molecular complexity index is 906. The zero-order chi connectivity index (χ0) is 20.4. The number of carbonyl (C=O) groups excluding carboxylic acids is 2. The van der Waals surface area contributed by atoms with Crippen molar-refractivity contribution >= 4 is 29.3 Å². The second-order valence-corrected chi connectivity index (χ2v) is 8.51. The fourth-order valence-electron chi connectivity index (χ4n) is 2.85. The molecule has 2 atom stereocenters. The largest absolute Gasteiger partial charge is 0.325 e. The van der Waals surface area contributed by atoms with Gasteiger partial charge in [-0.1, -0.05) is 37.7 Å². The number of allylic oxidation sites excluding steroid dienone is 1. The summed E-state index contributed by atoms with van der Waals surface area (Å²) in [6.07, 6.45) is 0. The number of rotatable bonds is 4. The molecule has 1 aliphatic heterocycles. The van der Waals surface area contributed by atoms with E-state index in [1.54, 1.807) is 20.8 Å². The molecule has 0 spiro atoms. The van der Waals surface area contributed by atoms with E-state index in [-0.39, 0.29) is 5.91 Å². The van der Waals surface area contributed by atoms with Crippen LogP contribution in [-0.4, -0.2) is 17.1 Å². The van der Waals surface area contributed by atoms with Crippen molar-refractivity contribution in [3.05, 3.63) is 39.9 Å². The van der Waals surface area contributed by atoms with E-state index < -0.39 is 22.5 Å². The molecule has 0 aliphatic carbocycles. The molecule has 0 aromatic heterocycles. The summed E-state index contributed by atoms with van der Waals surface area (Å²) in [6, 6.07) is 9.87. The van der Waals surface area contributed by atoms with Gasteiger partial charge >= 0.3 is 0 Å². The maximum Gasteiger partial charge on any atom is 0.243 e. The summed E-state index contributed by atoms with van der Waals surface area (Å²) >= 11 is 1.11. The van der Waals surface area contributed by atoms with Gasteiger partial charge in [-0.2, -0.15) is 10.5 Å². The lowest BCUT2D eigenvalue weighted by Crippen LogP contribution is -2.45. The molecule has 2 rings (SSSR count). The van der Waals surface area contributed by atoms with E-state index in [0.717, 1.165) is 28.6 Å². The van der Waals surface area contributed by atoms with Gasteiger partial charge in [0.1, 0.15) is 5.92 Å². The van der Waals surface area contributed by atoms with Gasteiger partial charge in [-0.05, 0) is 38.0 Å². The smallest absolute Gasteiger partial charge is 0.243 e. The monoisotopic (exact) mass is 382 g/mol. The Morgan fingerprint density at radius 3 is 2.59 bits per heavy atom. The lowest BCUT2D eigenvalue weighted by atomic mass is 9.72. The number of benzene rings is 1. The number of anilines is 1. The average Bonchev–Trinajstić information content (AvgIpc) is 2.57. The third-order valence-electron chi connectivity index (χ3n) is 4.65. The Morgan fingerprint density at radius 2 is 2.00 bits per heavy atom. The topological polar surface area (TPSA) is 106 Å². The summed E-state index contributed by atoms with van der Waals surface area (Å²) in [7, 11) is 0. The third-order valence-corrected chi connectivity index (χ3v) is 5.76. The number of nitriles is 2. The summed E-state index contributed by atoms with van der Waals surface area (Å²) in [4.78, 5) is 24.9. The molecule has 1 aromatic rings. The van der Waals surface area contributed by atoms with Crippen LogP contribution in [0, 0.1) is 47.8 Å². The molecule has 0 fully saturated rings. The molecular formula is C20H22N4O2S. The van der Waals surface area contributed by atoms with Crippen molar-refractivity contribution in [1.82, 2.24) is 5.32 Å². The SMILES string of the molecule is Cc1ccc(C)c(NC(=O)[C@@H](C)SC2=C(C#N)C(C)(C)[C@H](C#N)C(=O)N2)c1.